The van der Waals surface area contributed by atoms with E-state index >= 15 is 0 Å². The first-order valence-electron chi connectivity index (χ1n) is 8.02. The van der Waals surface area contributed by atoms with Crippen LogP contribution in [0.4, 0.5) is 9.18 Å². The molecule has 0 spiro atoms. The number of rotatable bonds is 6. The van der Waals surface area contributed by atoms with Crippen molar-refractivity contribution in [2.75, 3.05) is 20.1 Å². The molecule has 126 valence electrons. The summed E-state index contributed by atoms with van der Waals surface area (Å²) in [6.45, 7) is 2.65. The molecule has 2 aromatic rings. The van der Waals surface area contributed by atoms with Crippen molar-refractivity contribution in [2.24, 2.45) is 0 Å². The molecule has 0 aromatic heterocycles. The van der Waals surface area contributed by atoms with Crippen LogP contribution in [-0.2, 0) is 17.8 Å². The molecule has 0 saturated carbocycles. The molecule has 1 saturated heterocycles. The maximum Gasteiger partial charge on any atom is 0.410 e. The number of benzene rings is 2. The van der Waals surface area contributed by atoms with Gasteiger partial charge in [0.25, 0.3) is 0 Å². The van der Waals surface area contributed by atoms with Crippen molar-refractivity contribution in [1.29, 1.82) is 0 Å². The van der Waals surface area contributed by atoms with Crippen LogP contribution in [0.1, 0.15) is 11.1 Å². The number of nitrogens with zero attached hydrogens (tertiary/aromatic N) is 2. The zero-order chi connectivity index (χ0) is 16.9. The van der Waals surface area contributed by atoms with E-state index in [1.807, 2.05) is 18.2 Å². The van der Waals surface area contributed by atoms with Crippen molar-refractivity contribution in [3.63, 3.8) is 0 Å². The van der Waals surface area contributed by atoms with Crippen LogP contribution in [-0.4, -0.2) is 42.1 Å². The largest absolute Gasteiger partial charge is 0.443 e. The SMILES string of the molecule is CN1C[C@@H](CN(Cc2ccccc2)Cc2ccc(F)cc2)OC1=O. The third-order valence-electron chi connectivity index (χ3n) is 4.09. The summed E-state index contributed by atoms with van der Waals surface area (Å²) >= 11 is 0. The van der Waals surface area contributed by atoms with Crippen LogP contribution < -0.4 is 0 Å². The first kappa shape index (κ1) is 16.5. The first-order chi connectivity index (χ1) is 11.6. The Hall–Kier alpha value is -2.40. The number of carbonyl (C=O) groups is 1. The predicted octanol–water partition coefficient (Wildman–Crippen LogP) is 3.28. The molecule has 0 unspecified atom stereocenters. The highest BCUT2D eigenvalue weighted by molar-refractivity contribution is 5.69. The highest BCUT2D eigenvalue weighted by Gasteiger charge is 2.29. The number of hydrogen-bond donors (Lipinski definition) is 0. The lowest BCUT2D eigenvalue weighted by Crippen LogP contribution is -2.33. The molecule has 1 aliphatic heterocycles. The van der Waals surface area contributed by atoms with Crippen molar-refractivity contribution < 1.29 is 13.9 Å². The summed E-state index contributed by atoms with van der Waals surface area (Å²) in [4.78, 5) is 15.4. The quantitative estimate of drug-likeness (QED) is 0.816. The standard InChI is InChI=1S/C19H21FN2O2/c1-21-13-18(24-19(21)23)14-22(11-15-5-3-2-4-6-15)12-16-7-9-17(20)10-8-16/h2-10,18H,11-14H2,1H3/t18-/m0/s1. The first-order valence-corrected chi connectivity index (χ1v) is 8.02. The van der Waals surface area contributed by atoms with Crippen molar-refractivity contribution in [2.45, 2.75) is 19.2 Å². The highest BCUT2D eigenvalue weighted by Crippen LogP contribution is 2.15. The Morgan fingerprint density at radius 3 is 2.29 bits per heavy atom. The summed E-state index contributed by atoms with van der Waals surface area (Å²) in [7, 11) is 1.74. The molecule has 0 N–H and O–H groups in total. The minimum absolute atomic E-state index is 0.147. The fourth-order valence-electron chi connectivity index (χ4n) is 2.91. The monoisotopic (exact) mass is 328 g/mol. The Morgan fingerprint density at radius 2 is 1.71 bits per heavy atom. The molecule has 1 fully saturated rings. The van der Waals surface area contributed by atoms with Gasteiger partial charge in [0.1, 0.15) is 11.9 Å². The Balaban J connectivity index is 1.70. The molecule has 1 atom stereocenters. The van der Waals surface area contributed by atoms with E-state index in [2.05, 4.69) is 17.0 Å². The zero-order valence-electron chi connectivity index (χ0n) is 13.7. The summed E-state index contributed by atoms with van der Waals surface area (Å²) in [6.07, 6.45) is -0.423. The average Bonchev–Trinajstić information content (AvgIpc) is 2.88. The second kappa shape index (κ2) is 7.45. The van der Waals surface area contributed by atoms with Gasteiger partial charge in [-0.3, -0.25) is 4.90 Å². The molecule has 4 nitrogen and oxygen atoms in total. The van der Waals surface area contributed by atoms with Crippen LogP contribution in [0.5, 0.6) is 0 Å². The highest BCUT2D eigenvalue weighted by atomic mass is 19.1. The predicted molar refractivity (Wildman–Crippen MR) is 89.9 cm³/mol. The molecule has 5 heteroatoms. The second-order valence-electron chi connectivity index (χ2n) is 6.17. The van der Waals surface area contributed by atoms with E-state index < -0.39 is 0 Å². The van der Waals surface area contributed by atoms with Gasteiger partial charge >= 0.3 is 6.09 Å². The number of cyclic esters (lactones) is 1. The van der Waals surface area contributed by atoms with Crippen molar-refractivity contribution >= 4 is 6.09 Å². The number of likely N-dealkylation sites (N-methyl/N-ethyl adjacent to an activating group) is 1. The summed E-state index contributed by atoms with van der Waals surface area (Å²) in [6, 6.07) is 16.7. The van der Waals surface area contributed by atoms with Gasteiger partial charge in [-0.1, -0.05) is 42.5 Å². The normalized spacial score (nSPS) is 17.4. The minimum atomic E-state index is -0.276. The van der Waals surface area contributed by atoms with Gasteiger partial charge in [0.2, 0.25) is 0 Å². The van der Waals surface area contributed by atoms with Crippen LogP contribution in [0.3, 0.4) is 0 Å². The average molecular weight is 328 g/mol. The van der Waals surface area contributed by atoms with Crippen molar-refractivity contribution in [1.82, 2.24) is 9.80 Å². The van der Waals surface area contributed by atoms with Gasteiger partial charge in [-0.25, -0.2) is 9.18 Å². The Kier molecular flexibility index (Phi) is 5.11. The fourth-order valence-corrected chi connectivity index (χ4v) is 2.91. The molecule has 1 heterocycles. The van der Waals surface area contributed by atoms with E-state index in [0.717, 1.165) is 12.1 Å². The molecule has 1 amide bonds. The van der Waals surface area contributed by atoms with Gasteiger partial charge in [0.05, 0.1) is 6.54 Å². The lowest BCUT2D eigenvalue weighted by atomic mass is 10.1. The van der Waals surface area contributed by atoms with Crippen molar-refractivity contribution in [3.8, 4) is 0 Å². The molecule has 24 heavy (non-hydrogen) atoms. The maximum atomic E-state index is 13.1. The third-order valence-corrected chi connectivity index (χ3v) is 4.09. The van der Waals surface area contributed by atoms with E-state index in [1.54, 1.807) is 24.1 Å². The molecule has 2 aromatic carbocycles. The summed E-state index contributed by atoms with van der Waals surface area (Å²) in [5.41, 5.74) is 2.22. The summed E-state index contributed by atoms with van der Waals surface area (Å²) < 4.78 is 18.5. The third kappa shape index (κ3) is 4.32. The van der Waals surface area contributed by atoms with Gasteiger partial charge in [-0.15, -0.1) is 0 Å². The lowest BCUT2D eigenvalue weighted by Gasteiger charge is -2.25. The topological polar surface area (TPSA) is 32.8 Å². The van der Waals surface area contributed by atoms with Gasteiger partial charge in [-0.05, 0) is 23.3 Å². The minimum Gasteiger partial charge on any atom is -0.443 e. The number of halogens is 1. The van der Waals surface area contributed by atoms with Crippen LogP contribution in [0, 0.1) is 5.82 Å². The smallest absolute Gasteiger partial charge is 0.410 e. The molecule has 3 rings (SSSR count). The Bertz CT molecular complexity index is 676. The van der Waals surface area contributed by atoms with Crippen LogP contribution in [0.15, 0.2) is 54.6 Å². The van der Waals surface area contributed by atoms with Gasteiger partial charge < -0.3 is 9.64 Å². The van der Waals surface area contributed by atoms with Gasteiger partial charge in [-0.2, -0.15) is 0 Å². The van der Waals surface area contributed by atoms with E-state index in [1.165, 1.54) is 17.7 Å². The van der Waals surface area contributed by atoms with Crippen LogP contribution >= 0.6 is 0 Å². The number of ether oxygens (including phenoxy) is 1. The molecular formula is C19H21FN2O2. The van der Waals surface area contributed by atoms with E-state index in [4.69, 9.17) is 4.74 Å². The van der Waals surface area contributed by atoms with Crippen LogP contribution in [0.25, 0.3) is 0 Å². The zero-order valence-corrected chi connectivity index (χ0v) is 13.7. The number of hydrogen-bond acceptors (Lipinski definition) is 3. The molecule has 0 radical (unpaired) electrons. The van der Waals surface area contributed by atoms with Gasteiger partial charge in [0.15, 0.2) is 0 Å². The molecular weight excluding hydrogens is 307 g/mol. The molecule has 0 bridgehead atoms. The van der Waals surface area contributed by atoms with E-state index in [-0.39, 0.29) is 18.0 Å². The van der Waals surface area contributed by atoms with E-state index in [9.17, 15) is 9.18 Å². The Morgan fingerprint density at radius 1 is 1.08 bits per heavy atom. The van der Waals surface area contributed by atoms with Crippen molar-refractivity contribution in [3.05, 3.63) is 71.5 Å². The fraction of sp³-hybridized carbons (Fsp3) is 0.316. The van der Waals surface area contributed by atoms with Gasteiger partial charge in [0, 0.05) is 26.7 Å². The maximum absolute atomic E-state index is 13.1. The number of carbonyl (C=O) groups excluding carboxylic acids is 1. The second-order valence-corrected chi connectivity index (χ2v) is 6.17. The summed E-state index contributed by atoms with van der Waals surface area (Å²) in [5.74, 6) is -0.236. The Labute approximate surface area is 141 Å². The van der Waals surface area contributed by atoms with E-state index in [0.29, 0.717) is 19.6 Å². The lowest BCUT2D eigenvalue weighted by molar-refractivity contribution is 0.101. The summed E-state index contributed by atoms with van der Waals surface area (Å²) in [5, 5.41) is 0. The molecule has 0 aliphatic carbocycles. The molecule has 1 aliphatic rings. The van der Waals surface area contributed by atoms with Crippen LogP contribution in [0.2, 0.25) is 0 Å². The number of amides is 1.